The van der Waals surface area contributed by atoms with Crippen molar-refractivity contribution in [3.63, 3.8) is 0 Å². The summed E-state index contributed by atoms with van der Waals surface area (Å²) in [6, 6.07) is 13.0. The minimum Gasteiger partial charge on any atom is -0.352 e. The van der Waals surface area contributed by atoms with Crippen LogP contribution in [-0.4, -0.2) is 34.6 Å². The number of thioether (sulfide) groups is 1. The Morgan fingerprint density at radius 1 is 1.03 bits per heavy atom. The summed E-state index contributed by atoms with van der Waals surface area (Å²) < 4.78 is 0. The molecule has 2 aromatic rings. The molecule has 0 spiro atoms. The first-order chi connectivity index (χ1) is 15.3. The Kier molecular flexibility index (Phi) is 10.9. The molecule has 0 heterocycles. The molecule has 0 radical (unpaired) electrons. The number of amides is 2. The van der Waals surface area contributed by atoms with Gasteiger partial charge in [0.2, 0.25) is 11.8 Å². The van der Waals surface area contributed by atoms with Crippen molar-refractivity contribution in [3.8, 4) is 0 Å². The van der Waals surface area contributed by atoms with E-state index in [0.29, 0.717) is 22.0 Å². The van der Waals surface area contributed by atoms with E-state index in [0.717, 1.165) is 17.7 Å². The summed E-state index contributed by atoms with van der Waals surface area (Å²) >= 11 is 14.3. The first-order valence-electron chi connectivity index (χ1n) is 10.9. The smallest absolute Gasteiger partial charge is 0.243 e. The Balaban J connectivity index is 2.20. The van der Waals surface area contributed by atoms with Gasteiger partial charge in [0.1, 0.15) is 6.04 Å². The lowest BCUT2D eigenvalue weighted by Crippen LogP contribution is -2.51. The van der Waals surface area contributed by atoms with Crippen molar-refractivity contribution in [3.05, 3.63) is 69.2 Å². The van der Waals surface area contributed by atoms with Crippen molar-refractivity contribution in [1.82, 2.24) is 10.2 Å². The van der Waals surface area contributed by atoms with Gasteiger partial charge in [-0.15, -0.1) is 11.8 Å². The predicted octanol–water partition coefficient (Wildman–Crippen LogP) is 6.26. The molecule has 0 saturated carbocycles. The topological polar surface area (TPSA) is 49.4 Å². The highest BCUT2D eigenvalue weighted by Gasteiger charge is 2.30. The van der Waals surface area contributed by atoms with Gasteiger partial charge in [0.15, 0.2) is 0 Å². The molecule has 0 aliphatic carbocycles. The summed E-state index contributed by atoms with van der Waals surface area (Å²) in [4.78, 5) is 27.9. The predicted molar refractivity (Wildman–Crippen MR) is 136 cm³/mol. The van der Waals surface area contributed by atoms with E-state index in [1.54, 1.807) is 23.1 Å². The highest BCUT2D eigenvalue weighted by atomic mass is 35.5. The number of hydrogen-bond acceptors (Lipinski definition) is 3. The second-order valence-electron chi connectivity index (χ2n) is 7.94. The minimum atomic E-state index is -0.594. The van der Waals surface area contributed by atoms with Gasteiger partial charge in [-0.05, 0) is 44.4 Å². The van der Waals surface area contributed by atoms with E-state index in [9.17, 15) is 9.59 Å². The molecule has 0 bridgehead atoms. The molecule has 0 fully saturated rings. The van der Waals surface area contributed by atoms with Crippen molar-refractivity contribution in [2.45, 2.75) is 64.9 Å². The molecule has 174 valence electrons. The largest absolute Gasteiger partial charge is 0.352 e. The lowest BCUT2D eigenvalue weighted by Gasteiger charge is -2.32. The molecule has 7 heteroatoms. The van der Waals surface area contributed by atoms with E-state index in [-0.39, 0.29) is 30.2 Å². The van der Waals surface area contributed by atoms with Crippen molar-refractivity contribution in [2.75, 3.05) is 5.75 Å². The van der Waals surface area contributed by atoms with Gasteiger partial charge < -0.3 is 10.2 Å². The van der Waals surface area contributed by atoms with Gasteiger partial charge in [0.25, 0.3) is 0 Å². The number of rotatable bonds is 11. The number of carbonyl (C=O) groups excluding carboxylic acids is 2. The molecule has 2 amide bonds. The number of halogens is 2. The second-order valence-corrected chi connectivity index (χ2v) is 9.74. The molecular formula is C25H32Cl2N2O2S. The molecule has 0 aliphatic heterocycles. The van der Waals surface area contributed by atoms with Crippen molar-refractivity contribution >= 4 is 46.8 Å². The number of nitrogens with one attached hydrogen (secondary N) is 1. The molecule has 2 unspecified atom stereocenters. The van der Waals surface area contributed by atoms with E-state index < -0.39 is 6.04 Å². The van der Waals surface area contributed by atoms with Crippen LogP contribution in [0.15, 0.2) is 42.5 Å². The van der Waals surface area contributed by atoms with Crippen LogP contribution in [0.5, 0.6) is 0 Å². The molecule has 2 aromatic carbocycles. The molecular weight excluding hydrogens is 463 g/mol. The van der Waals surface area contributed by atoms with Gasteiger partial charge >= 0.3 is 0 Å². The van der Waals surface area contributed by atoms with E-state index in [1.165, 1.54) is 17.3 Å². The summed E-state index contributed by atoms with van der Waals surface area (Å²) in [6.07, 6.45) is 1.32. The Morgan fingerprint density at radius 3 is 2.22 bits per heavy atom. The first-order valence-corrected chi connectivity index (χ1v) is 12.8. The first kappa shape index (κ1) is 26.6. The van der Waals surface area contributed by atoms with Crippen LogP contribution in [0.25, 0.3) is 0 Å². The molecule has 32 heavy (non-hydrogen) atoms. The van der Waals surface area contributed by atoms with Crippen molar-refractivity contribution in [1.29, 1.82) is 0 Å². The van der Waals surface area contributed by atoms with Gasteiger partial charge in [-0.2, -0.15) is 0 Å². The normalized spacial score (nSPS) is 12.8. The maximum atomic E-state index is 13.3. The average molecular weight is 496 g/mol. The molecule has 4 nitrogen and oxygen atoms in total. The van der Waals surface area contributed by atoms with Gasteiger partial charge in [0.05, 0.1) is 5.75 Å². The molecule has 0 saturated heterocycles. The fourth-order valence-electron chi connectivity index (χ4n) is 3.24. The summed E-state index contributed by atoms with van der Waals surface area (Å²) in [7, 11) is 0. The number of aryl methyl sites for hydroxylation is 1. The molecule has 0 aliphatic rings. The summed E-state index contributed by atoms with van der Waals surface area (Å²) in [5.74, 6) is 0.734. The van der Waals surface area contributed by atoms with Crippen LogP contribution in [0, 0.1) is 6.92 Å². The summed E-state index contributed by atoms with van der Waals surface area (Å²) in [5.41, 5.74) is 3.02. The zero-order valence-electron chi connectivity index (χ0n) is 19.2. The monoisotopic (exact) mass is 494 g/mol. The Bertz CT molecular complexity index is 885. The molecule has 2 atom stereocenters. The number of hydrogen-bond donors (Lipinski definition) is 1. The Morgan fingerprint density at radius 2 is 1.66 bits per heavy atom. The lowest BCUT2D eigenvalue weighted by atomic mass is 10.1. The SMILES string of the molecule is CCC(C)NC(=O)C(CC)N(Cc1c(Cl)cccc1Cl)C(=O)CSCc1ccc(C)cc1. The van der Waals surface area contributed by atoms with E-state index in [1.807, 2.05) is 27.7 Å². The number of benzene rings is 2. The molecule has 0 aromatic heterocycles. The lowest BCUT2D eigenvalue weighted by molar-refractivity contribution is -0.139. The van der Waals surface area contributed by atoms with Crippen LogP contribution < -0.4 is 5.32 Å². The van der Waals surface area contributed by atoms with Crippen LogP contribution in [0.4, 0.5) is 0 Å². The fraction of sp³-hybridized carbons (Fsp3) is 0.440. The van der Waals surface area contributed by atoms with E-state index in [4.69, 9.17) is 23.2 Å². The van der Waals surface area contributed by atoms with Crippen molar-refractivity contribution < 1.29 is 9.59 Å². The standard InChI is InChI=1S/C25H32Cl2N2O2S/c1-5-18(4)28-25(31)23(6-2)29(14-20-21(26)8-7-9-22(20)27)24(30)16-32-15-19-12-10-17(3)11-13-19/h7-13,18,23H,5-6,14-16H2,1-4H3,(H,28,31). The highest BCUT2D eigenvalue weighted by molar-refractivity contribution is 7.99. The van der Waals surface area contributed by atoms with Gasteiger partial charge in [-0.1, -0.05) is 72.9 Å². The zero-order chi connectivity index (χ0) is 23.7. The van der Waals surface area contributed by atoms with Gasteiger partial charge in [-0.3, -0.25) is 9.59 Å². The van der Waals surface area contributed by atoms with Crippen LogP contribution in [0.1, 0.15) is 50.3 Å². The second kappa shape index (κ2) is 13.1. The quantitative estimate of drug-likeness (QED) is 0.401. The summed E-state index contributed by atoms with van der Waals surface area (Å²) in [6.45, 7) is 8.12. The van der Waals surface area contributed by atoms with E-state index >= 15 is 0 Å². The fourth-order valence-corrected chi connectivity index (χ4v) is 4.63. The summed E-state index contributed by atoms with van der Waals surface area (Å²) in [5, 5.41) is 3.98. The zero-order valence-corrected chi connectivity index (χ0v) is 21.5. The van der Waals surface area contributed by atoms with Crippen molar-refractivity contribution in [2.24, 2.45) is 0 Å². The minimum absolute atomic E-state index is 0.0355. The van der Waals surface area contributed by atoms with Gasteiger partial charge in [-0.25, -0.2) is 0 Å². The molecule has 2 rings (SSSR count). The van der Waals surface area contributed by atoms with Crippen LogP contribution in [-0.2, 0) is 21.9 Å². The molecule has 1 N–H and O–H groups in total. The number of nitrogens with zero attached hydrogens (tertiary/aromatic N) is 1. The third kappa shape index (κ3) is 7.72. The maximum absolute atomic E-state index is 13.3. The third-order valence-corrected chi connectivity index (χ3v) is 7.09. The van der Waals surface area contributed by atoms with Crippen LogP contribution in [0.2, 0.25) is 10.0 Å². The number of carbonyl (C=O) groups is 2. The Hall–Kier alpha value is -1.69. The third-order valence-electron chi connectivity index (χ3n) is 5.39. The van der Waals surface area contributed by atoms with Gasteiger partial charge in [0, 0.05) is 33.9 Å². The Labute approximate surface area is 206 Å². The maximum Gasteiger partial charge on any atom is 0.243 e. The van der Waals surface area contributed by atoms with Crippen LogP contribution >= 0.6 is 35.0 Å². The van der Waals surface area contributed by atoms with Crippen LogP contribution in [0.3, 0.4) is 0 Å². The van der Waals surface area contributed by atoms with E-state index in [2.05, 4.69) is 29.6 Å². The average Bonchev–Trinajstić information content (AvgIpc) is 2.76. The highest BCUT2D eigenvalue weighted by Crippen LogP contribution is 2.27.